The normalized spacial score (nSPS) is 12.0. The van der Waals surface area contributed by atoms with Crippen LogP contribution in [-0.2, 0) is 16.0 Å². The summed E-state index contributed by atoms with van der Waals surface area (Å²) in [6.07, 6.45) is 0.00480. The van der Waals surface area contributed by atoms with Gasteiger partial charge in [-0.3, -0.25) is 4.79 Å². The number of aromatic nitrogens is 1. The number of carboxylic acids is 1. The molecule has 1 unspecified atom stereocenters. The van der Waals surface area contributed by atoms with Crippen molar-refractivity contribution in [1.82, 2.24) is 10.3 Å². The number of carbonyl (C=O) groups is 2. The van der Waals surface area contributed by atoms with Crippen LogP contribution in [0, 0.1) is 20.8 Å². The average Bonchev–Trinajstić information content (AvgIpc) is 3.24. The van der Waals surface area contributed by atoms with Gasteiger partial charge in [0.2, 0.25) is 5.91 Å². The van der Waals surface area contributed by atoms with Crippen LogP contribution in [0.4, 0.5) is 0 Å². The molecule has 2 N–H and O–H groups in total. The Hall–Kier alpha value is -2.93. The van der Waals surface area contributed by atoms with Crippen LogP contribution >= 0.6 is 11.3 Å². The third-order valence-corrected chi connectivity index (χ3v) is 5.26. The van der Waals surface area contributed by atoms with Crippen LogP contribution in [-0.4, -0.2) is 22.0 Å². The topological polar surface area (TPSA) is 92.4 Å². The van der Waals surface area contributed by atoms with E-state index in [1.54, 1.807) is 17.5 Å². The summed E-state index contributed by atoms with van der Waals surface area (Å²) in [5.74, 6) is -0.0434. The first-order valence-corrected chi connectivity index (χ1v) is 9.32. The van der Waals surface area contributed by atoms with Gasteiger partial charge in [0, 0.05) is 5.38 Å². The van der Waals surface area contributed by atoms with E-state index in [0.29, 0.717) is 22.0 Å². The molecule has 0 saturated carbocycles. The highest BCUT2D eigenvalue weighted by Crippen LogP contribution is 2.26. The number of amides is 1. The van der Waals surface area contributed by atoms with E-state index < -0.39 is 17.9 Å². The number of carboxylic acid groups (broad SMARTS) is 1. The Labute approximate surface area is 160 Å². The Morgan fingerprint density at radius 2 is 2.00 bits per heavy atom. The third kappa shape index (κ3) is 4.25. The Morgan fingerprint density at radius 3 is 2.67 bits per heavy atom. The maximum absolute atomic E-state index is 12.4. The maximum Gasteiger partial charge on any atom is 0.330 e. The molecule has 140 valence electrons. The van der Waals surface area contributed by atoms with Crippen LogP contribution in [0.1, 0.15) is 34.2 Å². The number of benzene rings is 1. The average molecular weight is 384 g/mol. The second-order valence-corrected chi connectivity index (χ2v) is 7.22. The molecular weight excluding hydrogens is 364 g/mol. The zero-order valence-corrected chi connectivity index (χ0v) is 16.1. The largest absolute Gasteiger partial charge is 0.479 e. The smallest absolute Gasteiger partial charge is 0.330 e. The van der Waals surface area contributed by atoms with Crippen LogP contribution < -0.4 is 5.32 Å². The maximum atomic E-state index is 12.4. The summed E-state index contributed by atoms with van der Waals surface area (Å²) in [6, 6.07) is 8.01. The summed E-state index contributed by atoms with van der Waals surface area (Å²) < 4.78 is 5.54. The second kappa shape index (κ2) is 7.75. The molecular formula is C20H20N2O4S. The van der Waals surface area contributed by atoms with Gasteiger partial charge in [-0.15, -0.1) is 11.3 Å². The molecule has 0 aliphatic heterocycles. The first kappa shape index (κ1) is 18.8. The van der Waals surface area contributed by atoms with Gasteiger partial charge < -0.3 is 14.8 Å². The lowest BCUT2D eigenvalue weighted by Gasteiger charge is -2.18. The van der Waals surface area contributed by atoms with Crippen molar-refractivity contribution in [2.45, 2.75) is 33.2 Å². The number of hydrogen-bond acceptors (Lipinski definition) is 5. The highest BCUT2D eigenvalue weighted by atomic mass is 32.1. The van der Waals surface area contributed by atoms with E-state index in [-0.39, 0.29) is 6.42 Å². The summed E-state index contributed by atoms with van der Waals surface area (Å²) in [5, 5.41) is 14.6. The van der Waals surface area contributed by atoms with Crippen molar-refractivity contribution in [2.75, 3.05) is 0 Å². The van der Waals surface area contributed by atoms with Gasteiger partial charge in [-0.1, -0.05) is 18.2 Å². The van der Waals surface area contributed by atoms with Gasteiger partial charge in [0.15, 0.2) is 16.8 Å². The van der Waals surface area contributed by atoms with Crippen LogP contribution in [0.25, 0.3) is 10.8 Å². The van der Waals surface area contributed by atoms with Crippen molar-refractivity contribution in [2.24, 2.45) is 0 Å². The monoisotopic (exact) mass is 384 g/mol. The molecule has 0 spiro atoms. The Bertz CT molecular complexity index is 990. The quantitative estimate of drug-likeness (QED) is 0.674. The second-order valence-electron chi connectivity index (χ2n) is 6.36. The fourth-order valence-corrected chi connectivity index (χ4v) is 3.57. The zero-order chi connectivity index (χ0) is 19.6. The number of nitrogens with zero attached hydrogens (tertiary/aromatic N) is 1. The third-order valence-electron chi connectivity index (χ3n) is 4.35. The molecule has 1 amide bonds. The van der Waals surface area contributed by atoms with Crippen molar-refractivity contribution in [3.8, 4) is 10.8 Å². The lowest BCUT2D eigenvalue weighted by molar-refractivity contribution is -0.142. The Kier molecular flexibility index (Phi) is 5.41. The molecule has 27 heavy (non-hydrogen) atoms. The molecule has 0 aliphatic rings. The summed E-state index contributed by atoms with van der Waals surface area (Å²) >= 11 is 1.38. The van der Waals surface area contributed by atoms with Crippen LogP contribution in [0.2, 0.25) is 0 Å². The minimum Gasteiger partial charge on any atom is -0.479 e. The number of aliphatic carboxylic acids is 1. The van der Waals surface area contributed by atoms with Gasteiger partial charge in [0.1, 0.15) is 5.76 Å². The van der Waals surface area contributed by atoms with Crippen LogP contribution in [0.3, 0.4) is 0 Å². The van der Waals surface area contributed by atoms with Crippen LogP contribution in [0.5, 0.6) is 0 Å². The molecule has 0 radical (unpaired) electrons. The minimum absolute atomic E-state index is 0.00480. The highest BCUT2D eigenvalue weighted by Gasteiger charge is 2.24. The molecule has 7 heteroatoms. The lowest BCUT2D eigenvalue weighted by atomic mass is 9.97. The summed E-state index contributed by atoms with van der Waals surface area (Å²) in [4.78, 5) is 28.5. The van der Waals surface area contributed by atoms with Gasteiger partial charge >= 0.3 is 5.97 Å². The van der Waals surface area contributed by atoms with Gasteiger partial charge in [-0.25, -0.2) is 9.78 Å². The number of rotatable bonds is 6. The Balaban J connectivity index is 1.73. The zero-order valence-electron chi connectivity index (χ0n) is 15.3. The van der Waals surface area contributed by atoms with Gasteiger partial charge in [-0.2, -0.15) is 0 Å². The molecule has 0 aliphatic carbocycles. The predicted octanol–water partition coefficient (Wildman–Crippen LogP) is 3.81. The van der Waals surface area contributed by atoms with Gasteiger partial charge in [0.05, 0.1) is 12.1 Å². The first-order valence-electron chi connectivity index (χ1n) is 8.44. The van der Waals surface area contributed by atoms with E-state index in [2.05, 4.69) is 10.3 Å². The van der Waals surface area contributed by atoms with Crippen LogP contribution in [0.15, 0.2) is 40.1 Å². The van der Waals surface area contributed by atoms with Crippen molar-refractivity contribution in [3.63, 3.8) is 0 Å². The van der Waals surface area contributed by atoms with Crippen molar-refractivity contribution >= 4 is 23.2 Å². The highest BCUT2D eigenvalue weighted by molar-refractivity contribution is 7.13. The SMILES string of the molecule is Cc1ccc(-c2nc(CC(=O)NC(C(=O)O)c3cccc(C)c3C)cs2)o1. The molecule has 2 aromatic heterocycles. The minimum atomic E-state index is -1.10. The van der Waals surface area contributed by atoms with Gasteiger partial charge in [-0.05, 0) is 49.6 Å². The Morgan fingerprint density at radius 1 is 1.22 bits per heavy atom. The van der Waals surface area contributed by atoms with E-state index in [9.17, 15) is 14.7 Å². The summed E-state index contributed by atoms with van der Waals surface area (Å²) in [6.45, 7) is 5.61. The molecule has 1 aromatic carbocycles. The predicted molar refractivity (Wildman–Crippen MR) is 103 cm³/mol. The number of hydrogen-bond donors (Lipinski definition) is 2. The fraction of sp³-hybridized carbons (Fsp3) is 0.250. The first-order chi connectivity index (χ1) is 12.8. The molecule has 6 nitrogen and oxygen atoms in total. The summed E-state index contributed by atoms with van der Waals surface area (Å²) in [7, 11) is 0. The fourth-order valence-electron chi connectivity index (χ4n) is 2.79. The van der Waals surface area contributed by atoms with Gasteiger partial charge in [0.25, 0.3) is 0 Å². The van der Waals surface area contributed by atoms with E-state index in [1.165, 1.54) is 11.3 Å². The molecule has 0 bridgehead atoms. The van der Waals surface area contributed by atoms with Crippen molar-refractivity contribution in [3.05, 3.63) is 63.9 Å². The van der Waals surface area contributed by atoms with Crippen molar-refractivity contribution in [1.29, 1.82) is 0 Å². The standard InChI is InChI=1S/C20H20N2O4S/c1-11-5-4-6-15(13(11)3)18(20(24)25)22-17(23)9-14-10-27-19(21-14)16-8-7-12(2)26-16/h4-8,10,18H,9H2,1-3H3,(H,22,23)(H,24,25). The van der Waals surface area contributed by atoms with E-state index >= 15 is 0 Å². The van der Waals surface area contributed by atoms with E-state index in [0.717, 1.165) is 16.9 Å². The molecule has 2 heterocycles. The van der Waals surface area contributed by atoms with E-state index in [4.69, 9.17) is 4.42 Å². The number of aryl methyl sites for hydroxylation is 2. The molecule has 0 fully saturated rings. The number of nitrogens with one attached hydrogen (secondary N) is 1. The van der Waals surface area contributed by atoms with E-state index in [1.807, 2.05) is 39.0 Å². The summed E-state index contributed by atoms with van der Waals surface area (Å²) in [5.41, 5.74) is 2.99. The number of carbonyl (C=O) groups excluding carboxylic acids is 1. The number of thiazole rings is 1. The molecule has 0 saturated heterocycles. The molecule has 3 aromatic rings. The number of furan rings is 1. The molecule has 3 rings (SSSR count). The molecule has 1 atom stereocenters. The van der Waals surface area contributed by atoms with Crippen molar-refractivity contribution < 1.29 is 19.1 Å². The lowest BCUT2D eigenvalue weighted by Crippen LogP contribution is -2.35.